The zero-order valence-electron chi connectivity index (χ0n) is 15.5. The van der Waals surface area contributed by atoms with Crippen molar-refractivity contribution in [3.8, 4) is 11.5 Å². The third-order valence-corrected chi connectivity index (χ3v) is 4.98. The minimum Gasteiger partial charge on any atom is -0.467 e. The largest absolute Gasteiger partial charge is 0.467 e. The number of benzene rings is 1. The SMILES string of the molecule is O=C(Cn1c(=O)cc(-c2nc(C3CC3)no2)c2ccccc21)NCc1ccco1. The monoisotopic (exact) mass is 390 g/mol. The van der Waals surface area contributed by atoms with Gasteiger partial charge < -0.3 is 14.3 Å². The minimum atomic E-state index is -0.307. The van der Waals surface area contributed by atoms with E-state index in [2.05, 4.69) is 15.5 Å². The number of nitrogens with zero attached hydrogens (tertiary/aromatic N) is 3. The lowest BCUT2D eigenvalue weighted by Gasteiger charge is -2.12. The van der Waals surface area contributed by atoms with Gasteiger partial charge in [-0.1, -0.05) is 23.4 Å². The van der Waals surface area contributed by atoms with Crippen molar-refractivity contribution in [2.45, 2.75) is 31.8 Å². The summed E-state index contributed by atoms with van der Waals surface area (Å²) in [6.45, 7) is 0.167. The van der Waals surface area contributed by atoms with E-state index in [-0.39, 0.29) is 24.6 Å². The van der Waals surface area contributed by atoms with Gasteiger partial charge in [-0.25, -0.2) is 0 Å². The molecule has 0 atom stereocenters. The maximum absolute atomic E-state index is 12.8. The van der Waals surface area contributed by atoms with Gasteiger partial charge >= 0.3 is 0 Å². The van der Waals surface area contributed by atoms with Crippen LogP contribution in [-0.2, 0) is 17.9 Å². The van der Waals surface area contributed by atoms with Crippen LogP contribution < -0.4 is 10.9 Å². The average Bonchev–Trinajstić information content (AvgIpc) is 3.24. The van der Waals surface area contributed by atoms with E-state index < -0.39 is 0 Å². The highest BCUT2D eigenvalue weighted by molar-refractivity contribution is 5.93. The van der Waals surface area contributed by atoms with Crippen LogP contribution in [0.5, 0.6) is 0 Å². The van der Waals surface area contributed by atoms with E-state index in [1.807, 2.05) is 18.2 Å². The summed E-state index contributed by atoms with van der Waals surface area (Å²) in [7, 11) is 0. The molecule has 0 radical (unpaired) electrons. The van der Waals surface area contributed by atoms with Gasteiger partial charge in [-0.2, -0.15) is 4.98 Å². The molecule has 1 saturated carbocycles. The molecule has 146 valence electrons. The highest BCUT2D eigenvalue weighted by atomic mass is 16.5. The number of rotatable bonds is 6. The molecule has 0 unspecified atom stereocenters. The number of pyridine rings is 1. The van der Waals surface area contributed by atoms with Gasteiger partial charge in [-0.15, -0.1) is 0 Å². The van der Waals surface area contributed by atoms with E-state index in [0.29, 0.717) is 34.5 Å². The number of hydrogen-bond donors (Lipinski definition) is 1. The highest BCUT2D eigenvalue weighted by Gasteiger charge is 2.29. The molecule has 1 aliphatic rings. The van der Waals surface area contributed by atoms with Crippen LogP contribution in [-0.4, -0.2) is 20.6 Å². The summed E-state index contributed by atoms with van der Waals surface area (Å²) < 4.78 is 12.1. The van der Waals surface area contributed by atoms with Gasteiger partial charge in [-0.3, -0.25) is 14.2 Å². The molecule has 3 heterocycles. The van der Waals surface area contributed by atoms with Crippen molar-refractivity contribution in [1.82, 2.24) is 20.0 Å². The number of carbonyl (C=O) groups is 1. The summed E-state index contributed by atoms with van der Waals surface area (Å²) in [5.74, 6) is 1.74. The Morgan fingerprint density at radius 1 is 1.21 bits per heavy atom. The predicted molar refractivity (Wildman–Crippen MR) is 104 cm³/mol. The van der Waals surface area contributed by atoms with E-state index in [4.69, 9.17) is 8.94 Å². The summed E-state index contributed by atoms with van der Waals surface area (Å²) in [6, 6.07) is 12.4. The van der Waals surface area contributed by atoms with E-state index >= 15 is 0 Å². The molecule has 0 aliphatic heterocycles. The molecule has 29 heavy (non-hydrogen) atoms. The van der Waals surface area contributed by atoms with Gasteiger partial charge in [-0.05, 0) is 31.0 Å². The molecule has 5 rings (SSSR count). The molecule has 1 amide bonds. The lowest BCUT2D eigenvalue weighted by atomic mass is 10.1. The van der Waals surface area contributed by atoms with Crippen LogP contribution in [0.4, 0.5) is 0 Å². The van der Waals surface area contributed by atoms with Gasteiger partial charge in [0.15, 0.2) is 5.82 Å². The van der Waals surface area contributed by atoms with Crippen molar-refractivity contribution in [2.75, 3.05) is 0 Å². The van der Waals surface area contributed by atoms with Crippen molar-refractivity contribution in [3.05, 3.63) is 70.7 Å². The summed E-state index contributed by atoms with van der Waals surface area (Å²) in [5, 5.41) is 7.58. The molecule has 1 aliphatic carbocycles. The summed E-state index contributed by atoms with van der Waals surface area (Å²) in [4.78, 5) is 29.7. The molecule has 1 aromatic carbocycles. The van der Waals surface area contributed by atoms with Crippen LogP contribution in [0.2, 0.25) is 0 Å². The van der Waals surface area contributed by atoms with Gasteiger partial charge in [0.2, 0.25) is 5.91 Å². The Balaban J connectivity index is 1.47. The molecule has 8 heteroatoms. The molecule has 8 nitrogen and oxygen atoms in total. The first-order valence-electron chi connectivity index (χ1n) is 9.44. The Bertz CT molecular complexity index is 1240. The van der Waals surface area contributed by atoms with Crippen molar-refractivity contribution in [2.24, 2.45) is 0 Å². The Morgan fingerprint density at radius 2 is 2.07 bits per heavy atom. The maximum Gasteiger partial charge on any atom is 0.258 e. The molecular formula is C21H18N4O4. The normalized spacial score (nSPS) is 13.7. The van der Waals surface area contributed by atoms with Gasteiger partial charge in [0.05, 0.1) is 23.9 Å². The summed E-state index contributed by atoms with van der Waals surface area (Å²) in [6.07, 6.45) is 3.67. The lowest BCUT2D eigenvalue weighted by Crippen LogP contribution is -2.32. The number of carbonyl (C=O) groups excluding carboxylic acids is 1. The second-order valence-electron chi connectivity index (χ2n) is 7.09. The maximum atomic E-state index is 12.8. The van der Waals surface area contributed by atoms with Crippen LogP contribution in [0, 0.1) is 0 Å². The first-order valence-corrected chi connectivity index (χ1v) is 9.44. The summed E-state index contributed by atoms with van der Waals surface area (Å²) in [5.41, 5.74) is 0.907. The third-order valence-electron chi connectivity index (χ3n) is 4.98. The van der Waals surface area contributed by atoms with Crippen molar-refractivity contribution in [1.29, 1.82) is 0 Å². The molecule has 3 aromatic heterocycles. The average molecular weight is 390 g/mol. The van der Waals surface area contributed by atoms with Crippen molar-refractivity contribution < 1.29 is 13.7 Å². The number of amides is 1. The quantitative estimate of drug-likeness (QED) is 0.543. The van der Waals surface area contributed by atoms with Crippen molar-refractivity contribution >= 4 is 16.8 Å². The van der Waals surface area contributed by atoms with E-state index in [1.165, 1.54) is 10.6 Å². The Labute approximate surface area is 165 Å². The van der Waals surface area contributed by atoms with Crippen LogP contribution in [0.25, 0.3) is 22.4 Å². The van der Waals surface area contributed by atoms with Crippen LogP contribution in [0.15, 0.2) is 62.5 Å². The highest BCUT2D eigenvalue weighted by Crippen LogP contribution is 2.39. The van der Waals surface area contributed by atoms with Gasteiger partial charge in [0.25, 0.3) is 11.4 Å². The Hall–Kier alpha value is -3.68. The zero-order chi connectivity index (χ0) is 19.8. The zero-order valence-corrected chi connectivity index (χ0v) is 15.5. The van der Waals surface area contributed by atoms with Gasteiger partial charge in [0.1, 0.15) is 12.3 Å². The minimum absolute atomic E-state index is 0.0997. The molecule has 1 fully saturated rings. The lowest BCUT2D eigenvalue weighted by molar-refractivity contribution is -0.121. The standard InChI is InChI=1S/C21H18N4O4/c26-18(22-11-14-4-3-9-28-14)12-25-17-6-2-1-5-15(17)16(10-19(25)27)21-23-20(24-29-21)13-7-8-13/h1-6,9-10,13H,7-8,11-12H2,(H,22,26). The fourth-order valence-electron chi connectivity index (χ4n) is 3.32. The number of furan rings is 1. The third kappa shape index (κ3) is 3.44. The number of aromatic nitrogens is 3. The number of hydrogen-bond acceptors (Lipinski definition) is 6. The Morgan fingerprint density at radius 3 is 2.86 bits per heavy atom. The van der Waals surface area contributed by atoms with Crippen molar-refractivity contribution in [3.63, 3.8) is 0 Å². The molecule has 0 spiro atoms. The van der Waals surface area contributed by atoms with E-state index in [1.54, 1.807) is 24.5 Å². The second kappa shape index (κ2) is 7.05. The number of nitrogens with one attached hydrogen (secondary N) is 1. The van der Waals surface area contributed by atoms with E-state index in [0.717, 1.165) is 18.2 Å². The summed E-state index contributed by atoms with van der Waals surface area (Å²) >= 11 is 0. The number of para-hydroxylation sites is 1. The number of fused-ring (bicyclic) bond motifs is 1. The van der Waals surface area contributed by atoms with Crippen LogP contribution in [0.1, 0.15) is 30.3 Å². The first kappa shape index (κ1) is 17.4. The molecule has 1 N–H and O–H groups in total. The fourth-order valence-corrected chi connectivity index (χ4v) is 3.32. The van der Waals surface area contributed by atoms with E-state index in [9.17, 15) is 9.59 Å². The predicted octanol–water partition coefficient (Wildman–Crippen LogP) is 2.84. The molecular weight excluding hydrogens is 372 g/mol. The Kier molecular flexibility index (Phi) is 4.23. The molecule has 4 aromatic rings. The second-order valence-corrected chi connectivity index (χ2v) is 7.09. The van der Waals surface area contributed by atoms with Crippen LogP contribution in [0.3, 0.4) is 0 Å². The first-order chi connectivity index (χ1) is 14.2. The van der Waals surface area contributed by atoms with Gasteiger partial charge in [0, 0.05) is 17.4 Å². The smallest absolute Gasteiger partial charge is 0.258 e. The molecule has 0 saturated heterocycles. The topological polar surface area (TPSA) is 103 Å². The van der Waals surface area contributed by atoms with Crippen LogP contribution >= 0.6 is 0 Å². The molecule has 0 bridgehead atoms. The fraction of sp³-hybridized carbons (Fsp3) is 0.238.